The number of carbonyl (C=O) groups is 3. The lowest BCUT2D eigenvalue weighted by atomic mass is 9.59. The minimum atomic E-state index is -1.79. The Kier molecular flexibility index (Phi) is 7.55. The quantitative estimate of drug-likeness (QED) is 0.262. The van der Waals surface area contributed by atoms with Crippen LogP contribution in [0.15, 0.2) is 36.9 Å². The molecule has 1 amide bonds. The van der Waals surface area contributed by atoms with Gasteiger partial charge in [-0.2, -0.15) is 0 Å². The van der Waals surface area contributed by atoms with Gasteiger partial charge in [-0.15, -0.1) is 0 Å². The molecule has 1 heterocycles. The number of aliphatic hydroxyl groups excluding tert-OH is 1. The SMILES string of the molecule is C=CCOC(=O)C(O)N1C(=O)[C@H]([C@@](C)(O[SiH](C)C)C(C)(C)C)[C@H]1[C@H]1CCc2ccccc2C1=O. The smallest absolute Gasteiger partial charge is 0.356 e. The second kappa shape index (κ2) is 9.75. The molecule has 1 aliphatic carbocycles. The first-order chi connectivity index (χ1) is 15.8. The van der Waals surface area contributed by atoms with Crippen molar-refractivity contribution < 1.29 is 28.7 Å². The van der Waals surface area contributed by atoms with Crippen LogP contribution >= 0.6 is 0 Å². The van der Waals surface area contributed by atoms with Crippen LogP contribution in [0.2, 0.25) is 13.1 Å². The number of β-lactam (4-membered cyclic amide) rings is 1. The maximum Gasteiger partial charge on any atom is 0.356 e. The van der Waals surface area contributed by atoms with Gasteiger partial charge in [-0.3, -0.25) is 9.59 Å². The fraction of sp³-hybridized carbons (Fsp3) is 0.577. The third-order valence-electron chi connectivity index (χ3n) is 7.32. The number of ketones is 1. The van der Waals surface area contributed by atoms with E-state index in [1.54, 1.807) is 6.07 Å². The highest BCUT2D eigenvalue weighted by Gasteiger charge is 2.65. The van der Waals surface area contributed by atoms with Crippen molar-refractivity contribution in [2.75, 3.05) is 6.61 Å². The van der Waals surface area contributed by atoms with Gasteiger partial charge in [-0.25, -0.2) is 4.79 Å². The summed E-state index contributed by atoms with van der Waals surface area (Å²) in [6.45, 7) is 15.5. The molecule has 1 N–H and O–H groups in total. The number of rotatable bonds is 8. The first-order valence-electron chi connectivity index (χ1n) is 11.9. The van der Waals surface area contributed by atoms with E-state index < -0.39 is 56.0 Å². The number of hydrogen-bond donors (Lipinski definition) is 1. The van der Waals surface area contributed by atoms with Gasteiger partial charge in [-0.1, -0.05) is 57.7 Å². The third kappa shape index (κ3) is 4.51. The van der Waals surface area contributed by atoms with Gasteiger partial charge in [0.2, 0.25) is 12.1 Å². The molecule has 1 unspecified atom stereocenters. The third-order valence-corrected chi connectivity index (χ3v) is 8.28. The van der Waals surface area contributed by atoms with Gasteiger partial charge in [0.15, 0.2) is 14.8 Å². The second-order valence-corrected chi connectivity index (χ2v) is 13.0. The normalized spacial score (nSPS) is 25.3. The predicted molar refractivity (Wildman–Crippen MR) is 132 cm³/mol. The number of carbonyl (C=O) groups excluding carboxylic acids is 3. The maximum atomic E-state index is 13.6. The summed E-state index contributed by atoms with van der Waals surface area (Å²) in [5.74, 6) is -2.63. The lowest BCUT2D eigenvalue weighted by Gasteiger charge is -2.60. The summed E-state index contributed by atoms with van der Waals surface area (Å²) in [5.41, 5.74) is 0.303. The molecule has 8 heteroatoms. The Morgan fingerprint density at radius 2 is 1.91 bits per heavy atom. The minimum Gasteiger partial charge on any atom is -0.458 e. The number of esters is 1. The van der Waals surface area contributed by atoms with Crippen molar-refractivity contribution >= 4 is 26.7 Å². The van der Waals surface area contributed by atoms with E-state index in [0.29, 0.717) is 18.4 Å². The molecule has 1 aromatic rings. The van der Waals surface area contributed by atoms with Crippen LogP contribution < -0.4 is 0 Å². The van der Waals surface area contributed by atoms with Crippen LogP contribution in [0.1, 0.15) is 50.0 Å². The minimum absolute atomic E-state index is 0.0703. The van der Waals surface area contributed by atoms with Gasteiger partial charge in [0.25, 0.3) is 0 Å². The zero-order valence-corrected chi connectivity index (χ0v) is 22.2. The largest absolute Gasteiger partial charge is 0.458 e. The number of aryl methyl sites for hydroxylation is 1. The number of benzene rings is 1. The van der Waals surface area contributed by atoms with E-state index in [1.165, 1.54) is 6.08 Å². The van der Waals surface area contributed by atoms with Crippen molar-refractivity contribution in [2.24, 2.45) is 17.3 Å². The van der Waals surface area contributed by atoms with Gasteiger partial charge in [0.05, 0.1) is 17.6 Å². The summed E-state index contributed by atoms with van der Waals surface area (Å²) in [4.78, 5) is 40.9. The standard InChI is InChI=1S/C26H37NO6Si/c1-8-15-32-24(31)23(30)27-20(18-14-13-16-11-9-10-12-17(16)21(18)28)19(22(27)29)26(5,25(2,3)4)33-34(6)7/h8-12,18-20,23,30,34H,1,13-15H2,2-7H3/t18-,19-,20-,23?,26-/m1/s1. The van der Waals surface area contributed by atoms with Crippen LogP contribution in [-0.2, 0) is 25.2 Å². The Bertz CT molecular complexity index is 970. The highest BCUT2D eigenvalue weighted by Crippen LogP contribution is 2.51. The van der Waals surface area contributed by atoms with E-state index in [9.17, 15) is 19.5 Å². The van der Waals surface area contributed by atoms with Crippen LogP contribution in [0, 0.1) is 17.3 Å². The molecule has 0 aromatic heterocycles. The number of Topliss-reactive ketones (excluding diaryl/α,β-unsaturated/α-hetero) is 1. The first kappa shape index (κ1) is 26.3. The van der Waals surface area contributed by atoms with Crippen molar-refractivity contribution in [3.8, 4) is 0 Å². The fourth-order valence-electron chi connectivity index (χ4n) is 5.29. The second-order valence-electron chi connectivity index (χ2n) is 10.7. The van der Waals surface area contributed by atoms with Crippen LogP contribution in [0.3, 0.4) is 0 Å². The average Bonchev–Trinajstić information content (AvgIpc) is 2.75. The van der Waals surface area contributed by atoms with Gasteiger partial charge in [0, 0.05) is 11.5 Å². The van der Waals surface area contributed by atoms with Crippen LogP contribution in [0.4, 0.5) is 0 Å². The molecule has 0 saturated carbocycles. The summed E-state index contributed by atoms with van der Waals surface area (Å²) in [6, 6.07) is 6.80. The average molecular weight is 488 g/mol. The molecule has 7 nitrogen and oxygen atoms in total. The molecule has 5 atom stereocenters. The fourth-order valence-corrected chi connectivity index (χ4v) is 6.76. The molecule has 0 spiro atoms. The number of amides is 1. The van der Waals surface area contributed by atoms with Crippen molar-refractivity contribution in [2.45, 2.75) is 71.5 Å². The Labute approximate surface area is 203 Å². The van der Waals surface area contributed by atoms with Gasteiger partial charge in [-0.05, 0) is 43.8 Å². The van der Waals surface area contributed by atoms with Gasteiger partial charge in [0.1, 0.15) is 6.61 Å². The molecule has 3 rings (SSSR count). The van der Waals surface area contributed by atoms with Crippen LogP contribution in [-0.4, -0.2) is 61.2 Å². The monoisotopic (exact) mass is 487 g/mol. The van der Waals surface area contributed by atoms with E-state index in [-0.39, 0.29) is 12.4 Å². The molecular weight excluding hydrogens is 450 g/mol. The number of fused-ring (bicyclic) bond motifs is 1. The molecule has 1 aliphatic heterocycles. The number of hydrogen-bond acceptors (Lipinski definition) is 6. The molecule has 0 radical (unpaired) electrons. The highest BCUT2D eigenvalue weighted by atomic mass is 28.3. The van der Waals surface area contributed by atoms with Gasteiger partial charge >= 0.3 is 5.97 Å². The molecule has 34 heavy (non-hydrogen) atoms. The Balaban J connectivity index is 2.06. The summed E-state index contributed by atoms with van der Waals surface area (Å²) in [5, 5.41) is 10.8. The van der Waals surface area contributed by atoms with Crippen molar-refractivity contribution in [1.82, 2.24) is 4.90 Å². The summed E-state index contributed by atoms with van der Waals surface area (Å²) < 4.78 is 11.5. The first-order valence-corrected chi connectivity index (χ1v) is 14.7. The van der Waals surface area contributed by atoms with Crippen LogP contribution in [0.5, 0.6) is 0 Å². The molecule has 1 saturated heterocycles. The molecule has 0 bridgehead atoms. The Morgan fingerprint density at radius 3 is 2.50 bits per heavy atom. The van der Waals surface area contributed by atoms with Crippen molar-refractivity contribution in [1.29, 1.82) is 0 Å². The lowest BCUT2D eigenvalue weighted by molar-refractivity contribution is -0.216. The topological polar surface area (TPSA) is 93.1 Å². The number of nitrogens with zero attached hydrogens (tertiary/aromatic N) is 1. The van der Waals surface area contributed by atoms with Gasteiger partial charge < -0.3 is 19.2 Å². The summed E-state index contributed by atoms with van der Waals surface area (Å²) in [7, 11) is -1.60. The maximum absolute atomic E-state index is 13.6. The molecular formula is C26H37NO6Si. The van der Waals surface area contributed by atoms with E-state index in [1.807, 2.05) is 59.0 Å². The predicted octanol–water partition coefficient (Wildman–Crippen LogP) is 3.11. The Hall–Kier alpha value is -2.29. The lowest BCUT2D eigenvalue weighted by Crippen LogP contribution is -2.76. The summed E-state index contributed by atoms with van der Waals surface area (Å²) >= 11 is 0. The zero-order valence-electron chi connectivity index (χ0n) is 21.0. The molecule has 1 fully saturated rings. The highest BCUT2D eigenvalue weighted by molar-refractivity contribution is 6.48. The van der Waals surface area contributed by atoms with Crippen molar-refractivity contribution in [3.05, 3.63) is 48.0 Å². The molecule has 1 aromatic carbocycles. The van der Waals surface area contributed by atoms with E-state index in [4.69, 9.17) is 9.16 Å². The number of ether oxygens (including phenoxy) is 1. The van der Waals surface area contributed by atoms with Crippen molar-refractivity contribution in [3.63, 3.8) is 0 Å². The summed E-state index contributed by atoms with van der Waals surface area (Å²) in [6.07, 6.45) is 0.802. The van der Waals surface area contributed by atoms with Crippen LogP contribution in [0.25, 0.3) is 0 Å². The molecule has 2 aliphatic rings. The zero-order chi connectivity index (χ0) is 25.4. The number of likely N-dealkylation sites (tertiary alicyclic amines) is 1. The van der Waals surface area contributed by atoms with E-state index in [0.717, 1.165) is 10.5 Å². The van der Waals surface area contributed by atoms with E-state index in [2.05, 4.69) is 6.58 Å². The molecule has 186 valence electrons. The van der Waals surface area contributed by atoms with E-state index >= 15 is 0 Å². The number of aliphatic hydroxyl groups is 1. The Morgan fingerprint density at radius 1 is 1.26 bits per heavy atom.